The van der Waals surface area contributed by atoms with E-state index in [9.17, 15) is 14.5 Å². The lowest BCUT2D eigenvalue weighted by molar-refractivity contribution is -0.384. The van der Waals surface area contributed by atoms with Crippen molar-refractivity contribution in [1.29, 1.82) is 0 Å². The van der Waals surface area contributed by atoms with Crippen LogP contribution < -0.4 is 5.32 Å². The van der Waals surface area contributed by atoms with Crippen LogP contribution in [-0.4, -0.2) is 12.0 Å². The van der Waals surface area contributed by atoms with Gasteiger partial charge >= 0.3 is 0 Å². The number of halogens is 1. The third-order valence-corrected chi connectivity index (χ3v) is 3.88. The van der Waals surface area contributed by atoms with Gasteiger partial charge in [0.2, 0.25) is 0 Å². The van der Waals surface area contributed by atoms with E-state index in [0.29, 0.717) is 16.3 Å². The molecule has 0 radical (unpaired) electrons. The Morgan fingerprint density at radius 1 is 1.30 bits per heavy atom. The Balaban J connectivity index is 2.16. The Morgan fingerprint density at radius 3 is 2.70 bits per heavy atom. The van der Waals surface area contributed by atoms with E-state index < -0.39 is 4.92 Å². The molecule has 0 bridgehead atoms. The zero-order chi connectivity index (χ0) is 14.5. The summed E-state index contributed by atoms with van der Waals surface area (Å²) < 4.78 is 13.5. The molecule has 0 heterocycles. The van der Waals surface area contributed by atoms with Gasteiger partial charge in [0.05, 0.1) is 4.92 Å². The second kappa shape index (κ2) is 6.38. The lowest BCUT2D eigenvalue weighted by Crippen LogP contribution is -1.97. The van der Waals surface area contributed by atoms with Crippen molar-refractivity contribution in [1.82, 2.24) is 0 Å². The van der Waals surface area contributed by atoms with E-state index in [2.05, 4.69) is 5.32 Å². The standard InChI is InChI=1S/C14H13FN2O2S/c1-16-12-7-6-10(8-13(12)17(18)19)9-20-14-5-3-2-4-11(14)15/h2-8,16H,9H2,1H3. The molecule has 6 heteroatoms. The van der Waals surface area contributed by atoms with E-state index >= 15 is 0 Å². The topological polar surface area (TPSA) is 55.2 Å². The highest BCUT2D eigenvalue weighted by Gasteiger charge is 2.13. The quantitative estimate of drug-likeness (QED) is 0.513. The number of benzene rings is 2. The van der Waals surface area contributed by atoms with Gasteiger partial charge in [-0.3, -0.25) is 10.1 Å². The van der Waals surface area contributed by atoms with Crippen LogP contribution >= 0.6 is 11.8 Å². The summed E-state index contributed by atoms with van der Waals surface area (Å²) in [7, 11) is 1.64. The summed E-state index contributed by atoms with van der Waals surface area (Å²) in [5.74, 6) is 0.199. The minimum atomic E-state index is -0.427. The third kappa shape index (κ3) is 3.27. The largest absolute Gasteiger partial charge is 0.383 e. The third-order valence-electron chi connectivity index (χ3n) is 2.76. The first-order valence-corrected chi connectivity index (χ1v) is 6.93. The predicted molar refractivity (Wildman–Crippen MR) is 78.6 cm³/mol. The lowest BCUT2D eigenvalue weighted by atomic mass is 10.2. The molecule has 20 heavy (non-hydrogen) atoms. The van der Waals surface area contributed by atoms with Gasteiger partial charge in [0.1, 0.15) is 11.5 Å². The monoisotopic (exact) mass is 292 g/mol. The number of hydrogen-bond acceptors (Lipinski definition) is 4. The molecule has 0 amide bonds. The molecule has 2 aromatic rings. The summed E-state index contributed by atoms with van der Waals surface area (Å²) >= 11 is 1.32. The lowest BCUT2D eigenvalue weighted by Gasteiger charge is -2.06. The van der Waals surface area contributed by atoms with Gasteiger partial charge in [-0.1, -0.05) is 18.2 Å². The molecule has 1 N–H and O–H groups in total. The Bertz CT molecular complexity index is 634. The van der Waals surface area contributed by atoms with Crippen LogP contribution in [-0.2, 0) is 5.75 Å². The first kappa shape index (κ1) is 14.3. The molecule has 0 unspecified atom stereocenters. The van der Waals surface area contributed by atoms with Crippen molar-refractivity contribution in [3.63, 3.8) is 0 Å². The normalized spacial score (nSPS) is 10.3. The average molecular weight is 292 g/mol. The Hall–Kier alpha value is -2.08. The van der Waals surface area contributed by atoms with E-state index in [0.717, 1.165) is 5.56 Å². The average Bonchev–Trinajstić information content (AvgIpc) is 2.46. The molecule has 0 spiro atoms. The van der Waals surface area contributed by atoms with Crippen LogP contribution in [0.1, 0.15) is 5.56 Å². The summed E-state index contributed by atoms with van der Waals surface area (Å²) in [5.41, 5.74) is 1.28. The molecular weight excluding hydrogens is 279 g/mol. The fraction of sp³-hybridized carbons (Fsp3) is 0.143. The number of thioether (sulfide) groups is 1. The van der Waals surface area contributed by atoms with Gasteiger partial charge in [-0.25, -0.2) is 4.39 Å². The maximum atomic E-state index is 13.5. The number of hydrogen-bond donors (Lipinski definition) is 1. The molecule has 2 rings (SSSR count). The Morgan fingerprint density at radius 2 is 2.05 bits per heavy atom. The maximum absolute atomic E-state index is 13.5. The van der Waals surface area contributed by atoms with Crippen molar-refractivity contribution in [2.24, 2.45) is 0 Å². The van der Waals surface area contributed by atoms with E-state index in [4.69, 9.17) is 0 Å². The van der Waals surface area contributed by atoms with Gasteiger partial charge in [-0.15, -0.1) is 11.8 Å². The van der Waals surface area contributed by atoms with Crippen LogP contribution in [0.3, 0.4) is 0 Å². The second-order valence-electron chi connectivity index (χ2n) is 4.08. The van der Waals surface area contributed by atoms with E-state index in [1.54, 1.807) is 37.4 Å². The molecular formula is C14H13FN2O2S. The van der Waals surface area contributed by atoms with Crippen LogP contribution in [0.25, 0.3) is 0 Å². The minimum absolute atomic E-state index is 0.0270. The molecule has 0 aromatic heterocycles. The molecule has 0 saturated heterocycles. The highest BCUT2D eigenvalue weighted by atomic mass is 32.2. The zero-order valence-electron chi connectivity index (χ0n) is 10.8. The van der Waals surface area contributed by atoms with E-state index in [1.807, 2.05) is 0 Å². The number of anilines is 1. The second-order valence-corrected chi connectivity index (χ2v) is 5.09. The minimum Gasteiger partial charge on any atom is -0.383 e. The van der Waals surface area contributed by atoms with E-state index in [-0.39, 0.29) is 11.5 Å². The van der Waals surface area contributed by atoms with Gasteiger partial charge in [-0.2, -0.15) is 0 Å². The van der Waals surface area contributed by atoms with Gasteiger partial charge < -0.3 is 5.32 Å². The molecule has 4 nitrogen and oxygen atoms in total. The number of nitro groups is 1. The Kier molecular flexibility index (Phi) is 4.57. The number of nitro benzene ring substituents is 1. The summed E-state index contributed by atoms with van der Waals surface area (Å²) in [5, 5.41) is 13.7. The molecule has 0 aliphatic carbocycles. The maximum Gasteiger partial charge on any atom is 0.292 e. The number of nitrogens with one attached hydrogen (secondary N) is 1. The molecule has 0 aliphatic heterocycles. The number of rotatable bonds is 5. The highest BCUT2D eigenvalue weighted by Crippen LogP contribution is 2.30. The fourth-order valence-electron chi connectivity index (χ4n) is 1.75. The molecule has 0 aliphatic rings. The summed E-state index contributed by atoms with van der Waals surface area (Å²) in [6, 6.07) is 11.5. The van der Waals surface area contributed by atoms with Crippen LogP contribution in [0.4, 0.5) is 15.8 Å². The summed E-state index contributed by atoms with van der Waals surface area (Å²) in [4.78, 5) is 11.1. The van der Waals surface area contributed by atoms with Crippen LogP contribution in [0.2, 0.25) is 0 Å². The predicted octanol–water partition coefficient (Wildman–Crippen LogP) is 4.07. The SMILES string of the molecule is CNc1ccc(CSc2ccccc2F)cc1[N+](=O)[O-]. The first-order valence-electron chi connectivity index (χ1n) is 5.94. The van der Waals surface area contributed by atoms with Gasteiger partial charge in [0.25, 0.3) is 5.69 Å². The van der Waals surface area contributed by atoms with Gasteiger partial charge in [0.15, 0.2) is 0 Å². The first-order chi connectivity index (χ1) is 9.61. The van der Waals surface area contributed by atoms with Crippen molar-refractivity contribution in [2.75, 3.05) is 12.4 Å². The van der Waals surface area contributed by atoms with Crippen LogP contribution in [0.5, 0.6) is 0 Å². The number of nitrogens with zero attached hydrogens (tertiary/aromatic N) is 1. The van der Waals surface area contributed by atoms with Gasteiger partial charge in [-0.05, 0) is 23.8 Å². The Labute approximate surface area is 120 Å². The fourth-order valence-corrected chi connectivity index (χ4v) is 2.63. The zero-order valence-corrected chi connectivity index (χ0v) is 11.6. The van der Waals surface area contributed by atoms with Crippen molar-refractivity contribution in [3.05, 3.63) is 64.0 Å². The molecule has 2 aromatic carbocycles. The van der Waals surface area contributed by atoms with Crippen molar-refractivity contribution >= 4 is 23.1 Å². The smallest absolute Gasteiger partial charge is 0.292 e. The molecule has 104 valence electrons. The van der Waals surface area contributed by atoms with Crippen molar-refractivity contribution in [2.45, 2.75) is 10.6 Å². The summed E-state index contributed by atoms with van der Waals surface area (Å²) in [6.07, 6.45) is 0. The molecule has 0 atom stereocenters. The van der Waals surface area contributed by atoms with Crippen molar-refractivity contribution < 1.29 is 9.31 Å². The van der Waals surface area contributed by atoms with Crippen molar-refractivity contribution in [3.8, 4) is 0 Å². The van der Waals surface area contributed by atoms with Gasteiger partial charge in [0, 0.05) is 23.8 Å². The van der Waals surface area contributed by atoms with Crippen LogP contribution in [0.15, 0.2) is 47.4 Å². The highest BCUT2D eigenvalue weighted by molar-refractivity contribution is 7.98. The van der Waals surface area contributed by atoms with E-state index in [1.165, 1.54) is 23.9 Å². The summed E-state index contributed by atoms with van der Waals surface area (Å²) in [6.45, 7) is 0. The molecule has 0 fully saturated rings. The van der Waals surface area contributed by atoms with Crippen LogP contribution in [0, 0.1) is 15.9 Å². The molecule has 0 saturated carbocycles.